The number of anilines is 3. The Balaban J connectivity index is 2.28. The molecule has 1 aromatic carbocycles. The summed E-state index contributed by atoms with van der Waals surface area (Å²) in [6.45, 7) is 3.79. The number of nitrogens with two attached hydrogens (primary N) is 1. The van der Waals surface area contributed by atoms with Gasteiger partial charge in [-0.2, -0.15) is 0 Å². The Kier molecular flexibility index (Phi) is 4.59. The molecule has 0 spiro atoms. The second kappa shape index (κ2) is 6.41. The first-order chi connectivity index (χ1) is 10.0. The summed E-state index contributed by atoms with van der Waals surface area (Å²) in [6, 6.07) is 6.85. The van der Waals surface area contributed by atoms with E-state index in [1.54, 1.807) is 38.1 Å². The lowest BCUT2D eigenvalue weighted by molar-refractivity contribution is 0.0526. The fourth-order valence-electron chi connectivity index (χ4n) is 1.72. The van der Waals surface area contributed by atoms with Crippen LogP contribution in [0.4, 0.5) is 17.2 Å². The molecule has 0 unspecified atom stereocenters. The van der Waals surface area contributed by atoms with Crippen molar-refractivity contribution in [2.24, 2.45) is 0 Å². The highest BCUT2D eigenvalue weighted by molar-refractivity contribution is 6.32. The standard InChI is InChI=1S/C14H15ClN4O2/c1-3-21-14(20)9-5-4-6-10(7-9)19-13-11(16)12(15)17-8(2)18-13/h4-7H,3,16H2,1-2H3,(H,17,18,19). The van der Waals surface area contributed by atoms with Gasteiger partial charge in [-0.15, -0.1) is 0 Å². The van der Waals surface area contributed by atoms with Gasteiger partial charge in [0.05, 0.1) is 12.2 Å². The van der Waals surface area contributed by atoms with Gasteiger partial charge in [-0.3, -0.25) is 0 Å². The fourth-order valence-corrected chi connectivity index (χ4v) is 1.93. The number of rotatable bonds is 4. The minimum Gasteiger partial charge on any atom is -0.462 e. The normalized spacial score (nSPS) is 10.2. The van der Waals surface area contributed by atoms with Crippen LogP contribution in [0, 0.1) is 6.92 Å². The van der Waals surface area contributed by atoms with E-state index in [2.05, 4.69) is 15.3 Å². The van der Waals surface area contributed by atoms with Crippen molar-refractivity contribution < 1.29 is 9.53 Å². The summed E-state index contributed by atoms with van der Waals surface area (Å²) in [4.78, 5) is 19.9. The Bertz CT molecular complexity index is 676. The Labute approximate surface area is 127 Å². The maximum Gasteiger partial charge on any atom is 0.338 e. The van der Waals surface area contributed by atoms with Gasteiger partial charge in [-0.25, -0.2) is 14.8 Å². The molecule has 0 amide bonds. The molecule has 0 atom stereocenters. The molecule has 0 fully saturated rings. The number of hydrogen-bond donors (Lipinski definition) is 2. The minimum atomic E-state index is -0.383. The third-order valence-corrected chi connectivity index (χ3v) is 2.94. The van der Waals surface area contributed by atoms with Gasteiger partial charge >= 0.3 is 5.97 Å². The van der Waals surface area contributed by atoms with Crippen molar-refractivity contribution in [1.29, 1.82) is 0 Å². The SMILES string of the molecule is CCOC(=O)c1cccc(Nc2nc(C)nc(Cl)c2N)c1. The first kappa shape index (κ1) is 15.1. The number of nitrogens with zero attached hydrogens (tertiary/aromatic N) is 2. The van der Waals surface area contributed by atoms with Crippen LogP contribution >= 0.6 is 11.6 Å². The largest absolute Gasteiger partial charge is 0.462 e. The number of aromatic nitrogens is 2. The van der Waals surface area contributed by atoms with Gasteiger partial charge in [0.1, 0.15) is 11.5 Å². The van der Waals surface area contributed by atoms with E-state index in [1.165, 1.54) is 0 Å². The average molecular weight is 307 g/mol. The highest BCUT2D eigenvalue weighted by Crippen LogP contribution is 2.26. The summed E-state index contributed by atoms with van der Waals surface area (Å²) in [7, 11) is 0. The lowest BCUT2D eigenvalue weighted by Crippen LogP contribution is -2.06. The smallest absolute Gasteiger partial charge is 0.338 e. The monoisotopic (exact) mass is 306 g/mol. The lowest BCUT2D eigenvalue weighted by Gasteiger charge is -2.11. The number of aryl methyl sites for hydroxylation is 1. The Morgan fingerprint density at radius 3 is 2.90 bits per heavy atom. The molecule has 21 heavy (non-hydrogen) atoms. The third kappa shape index (κ3) is 3.61. The highest BCUT2D eigenvalue weighted by atomic mass is 35.5. The van der Waals surface area contributed by atoms with E-state index in [0.717, 1.165) is 0 Å². The Hall–Kier alpha value is -2.34. The molecule has 0 saturated carbocycles. The van der Waals surface area contributed by atoms with Crippen LogP contribution in [0.2, 0.25) is 5.15 Å². The lowest BCUT2D eigenvalue weighted by atomic mass is 10.2. The molecule has 1 heterocycles. The first-order valence-electron chi connectivity index (χ1n) is 6.35. The van der Waals surface area contributed by atoms with E-state index in [-0.39, 0.29) is 16.8 Å². The van der Waals surface area contributed by atoms with Crippen molar-refractivity contribution in [1.82, 2.24) is 9.97 Å². The molecule has 0 aliphatic heterocycles. The van der Waals surface area contributed by atoms with Crippen LogP contribution in [0.3, 0.4) is 0 Å². The molecule has 6 nitrogen and oxygen atoms in total. The summed E-state index contributed by atoms with van der Waals surface area (Å²) >= 11 is 5.92. The minimum absolute atomic E-state index is 0.187. The average Bonchev–Trinajstić information content (AvgIpc) is 2.45. The van der Waals surface area contributed by atoms with Crippen molar-refractivity contribution in [3.8, 4) is 0 Å². The second-order valence-electron chi connectivity index (χ2n) is 4.25. The summed E-state index contributed by atoms with van der Waals surface area (Å²) in [6.07, 6.45) is 0. The summed E-state index contributed by atoms with van der Waals surface area (Å²) in [5, 5.41) is 3.21. The molecule has 0 saturated heterocycles. The number of carbonyl (C=O) groups excluding carboxylic acids is 1. The van der Waals surface area contributed by atoms with Gasteiger partial charge in [0.2, 0.25) is 0 Å². The number of ether oxygens (including phenoxy) is 1. The van der Waals surface area contributed by atoms with Gasteiger partial charge in [0.25, 0.3) is 0 Å². The Morgan fingerprint density at radius 2 is 2.19 bits per heavy atom. The molecule has 0 aliphatic rings. The van der Waals surface area contributed by atoms with E-state index in [4.69, 9.17) is 22.1 Å². The van der Waals surface area contributed by atoms with Crippen LogP contribution in [0.5, 0.6) is 0 Å². The summed E-state index contributed by atoms with van der Waals surface area (Å²) in [5.74, 6) is 0.512. The number of halogens is 1. The van der Waals surface area contributed by atoms with E-state index < -0.39 is 0 Å². The topological polar surface area (TPSA) is 90.1 Å². The van der Waals surface area contributed by atoms with Crippen LogP contribution < -0.4 is 11.1 Å². The number of hydrogen-bond acceptors (Lipinski definition) is 6. The van der Waals surface area contributed by atoms with Crippen LogP contribution in [0.1, 0.15) is 23.1 Å². The van der Waals surface area contributed by atoms with Gasteiger partial charge in [-0.1, -0.05) is 17.7 Å². The van der Waals surface area contributed by atoms with E-state index in [0.29, 0.717) is 29.5 Å². The molecule has 0 radical (unpaired) electrons. The van der Waals surface area contributed by atoms with Crippen molar-refractivity contribution >= 4 is 34.8 Å². The molecule has 1 aromatic heterocycles. The number of carbonyl (C=O) groups is 1. The maximum atomic E-state index is 11.7. The van der Waals surface area contributed by atoms with Crippen LogP contribution in [-0.4, -0.2) is 22.5 Å². The number of benzene rings is 1. The molecular weight excluding hydrogens is 292 g/mol. The van der Waals surface area contributed by atoms with Crippen molar-refractivity contribution in [3.05, 3.63) is 40.8 Å². The van der Waals surface area contributed by atoms with E-state index in [1.807, 2.05) is 0 Å². The van der Waals surface area contributed by atoms with Crippen molar-refractivity contribution in [3.63, 3.8) is 0 Å². The number of nitrogens with one attached hydrogen (secondary N) is 1. The first-order valence-corrected chi connectivity index (χ1v) is 6.73. The zero-order chi connectivity index (χ0) is 15.4. The predicted octanol–water partition coefficient (Wildman–Crippen LogP) is 2.94. The highest BCUT2D eigenvalue weighted by Gasteiger charge is 2.11. The zero-order valence-electron chi connectivity index (χ0n) is 11.7. The summed E-state index contributed by atoms with van der Waals surface area (Å²) < 4.78 is 4.96. The van der Waals surface area contributed by atoms with E-state index in [9.17, 15) is 4.79 Å². The van der Waals surface area contributed by atoms with E-state index >= 15 is 0 Å². The Morgan fingerprint density at radius 1 is 1.43 bits per heavy atom. The molecule has 3 N–H and O–H groups in total. The second-order valence-corrected chi connectivity index (χ2v) is 4.61. The zero-order valence-corrected chi connectivity index (χ0v) is 12.4. The molecular formula is C14H15ClN4O2. The van der Waals surface area contributed by atoms with Crippen molar-refractivity contribution in [2.75, 3.05) is 17.7 Å². The van der Waals surface area contributed by atoms with Gasteiger partial charge in [0, 0.05) is 5.69 Å². The van der Waals surface area contributed by atoms with Gasteiger partial charge in [0.15, 0.2) is 11.0 Å². The quantitative estimate of drug-likeness (QED) is 0.666. The molecule has 110 valence electrons. The molecule has 0 aliphatic carbocycles. The summed E-state index contributed by atoms with van der Waals surface area (Å²) in [5.41, 5.74) is 7.18. The van der Waals surface area contributed by atoms with Crippen molar-refractivity contribution in [2.45, 2.75) is 13.8 Å². The van der Waals surface area contributed by atoms with Crippen LogP contribution in [0.15, 0.2) is 24.3 Å². The number of esters is 1. The van der Waals surface area contributed by atoms with Gasteiger partial charge < -0.3 is 15.8 Å². The molecule has 0 bridgehead atoms. The van der Waals surface area contributed by atoms with Crippen LogP contribution in [-0.2, 0) is 4.74 Å². The number of nitrogen functional groups attached to an aromatic ring is 1. The molecule has 2 rings (SSSR count). The molecule has 2 aromatic rings. The van der Waals surface area contributed by atoms with Gasteiger partial charge in [-0.05, 0) is 32.0 Å². The third-order valence-electron chi connectivity index (χ3n) is 2.65. The van der Waals surface area contributed by atoms with Crippen LogP contribution in [0.25, 0.3) is 0 Å². The fraction of sp³-hybridized carbons (Fsp3) is 0.214. The maximum absolute atomic E-state index is 11.7. The predicted molar refractivity (Wildman–Crippen MR) is 81.9 cm³/mol. The molecule has 7 heteroatoms.